The predicted molar refractivity (Wildman–Crippen MR) is 81.9 cm³/mol. The summed E-state index contributed by atoms with van der Waals surface area (Å²) in [6.07, 6.45) is 1.48. The minimum atomic E-state index is -0.630. The third kappa shape index (κ3) is 2.71. The molecule has 3 aromatic rings. The molecule has 116 valence electrons. The van der Waals surface area contributed by atoms with Gasteiger partial charge in [-0.15, -0.1) is 0 Å². The Balaban J connectivity index is 1.97. The van der Waals surface area contributed by atoms with Crippen LogP contribution in [-0.2, 0) is 0 Å². The number of primary amides is 1. The number of amides is 2. The molecule has 7 heteroatoms. The van der Waals surface area contributed by atoms with Crippen molar-refractivity contribution in [3.63, 3.8) is 0 Å². The number of benzene rings is 1. The van der Waals surface area contributed by atoms with Crippen molar-refractivity contribution < 1.29 is 18.5 Å². The van der Waals surface area contributed by atoms with Gasteiger partial charge in [-0.2, -0.15) is 0 Å². The average molecular weight is 311 g/mol. The third-order valence-corrected chi connectivity index (χ3v) is 3.29. The summed E-state index contributed by atoms with van der Waals surface area (Å²) < 4.78 is 10.4. The second-order valence-corrected chi connectivity index (χ2v) is 4.80. The fourth-order valence-electron chi connectivity index (χ4n) is 2.21. The van der Waals surface area contributed by atoms with Crippen molar-refractivity contribution in [1.82, 2.24) is 5.16 Å². The van der Waals surface area contributed by atoms with Gasteiger partial charge < -0.3 is 20.0 Å². The van der Waals surface area contributed by atoms with Gasteiger partial charge in [0, 0.05) is 0 Å². The Bertz CT molecular complexity index is 865. The number of carbonyl (C=O) groups is 2. The Kier molecular flexibility index (Phi) is 3.68. The van der Waals surface area contributed by atoms with E-state index in [0.717, 1.165) is 0 Å². The van der Waals surface area contributed by atoms with E-state index >= 15 is 0 Å². The summed E-state index contributed by atoms with van der Waals surface area (Å²) in [4.78, 5) is 24.0. The van der Waals surface area contributed by atoms with Crippen LogP contribution in [0.15, 0.2) is 51.6 Å². The van der Waals surface area contributed by atoms with Crippen molar-refractivity contribution in [2.24, 2.45) is 5.73 Å². The van der Waals surface area contributed by atoms with Gasteiger partial charge in [-0.3, -0.25) is 9.59 Å². The number of anilines is 1. The minimum absolute atomic E-state index is 0.217. The molecule has 2 heterocycles. The van der Waals surface area contributed by atoms with Crippen LogP contribution < -0.4 is 11.1 Å². The van der Waals surface area contributed by atoms with Gasteiger partial charge in [-0.05, 0) is 31.2 Å². The highest BCUT2D eigenvalue weighted by atomic mass is 16.5. The Labute approximate surface area is 131 Å². The zero-order valence-corrected chi connectivity index (χ0v) is 12.2. The van der Waals surface area contributed by atoms with E-state index in [1.165, 1.54) is 12.3 Å². The molecule has 1 aromatic carbocycles. The number of rotatable bonds is 4. The Morgan fingerprint density at radius 3 is 2.65 bits per heavy atom. The largest absolute Gasteiger partial charge is 0.463 e. The Morgan fingerprint density at radius 2 is 1.96 bits per heavy atom. The summed E-state index contributed by atoms with van der Waals surface area (Å²) in [7, 11) is 0. The van der Waals surface area contributed by atoms with Crippen molar-refractivity contribution in [3.8, 4) is 11.5 Å². The van der Waals surface area contributed by atoms with Crippen molar-refractivity contribution >= 4 is 17.5 Å². The van der Waals surface area contributed by atoms with E-state index in [9.17, 15) is 9.59 Å². The zero-order chi connectivity index (χ0) is 16.4. The number of carbonyl (C=O) groups excluding carboxylic acids is 2. The maximum Gasteiger partial charge on any atom is 0.261 e. The van der Waals surface area contributed by atoms with E-state index in [1.54, 1.807) is 37.3 Å². The van der Waals surface area contributed by atoms with Gasteiger partial charge in [-0.25, -0.2) is 0 Å². The molecule has 23 heavy (non-hydrogen) atoms. The van der Waals surface area contributed by atoms with Crippen LogP contribution in [-0.4, -0.2) is 17.0 Å². The molecular weight excluding hydrogens is 298 g/mol. The van der Waals surface area contributed by atoms with Crippen LogP contribution in [0.4, 0.5) is 5.69 Å². The molecule has 0 aliphatic carbocycles. The smallest absolute Gasteiger partial charge is 0.261 e. The number of hydrogen-bond donors (Lipinski definition) is 2. The van der Waals surface area contributed by atoms with E-state index in [0.29, 0.717) is 22.9 Å². The predicted octanol–water partition coefficient (Wildman–Crippen LogP) is 2.59. The molecule has 0 radical (unpaired) electrons. The summed E-state index contributed by atoms with van der Waals surface area (Å²) >= 11 is 0. The first kappa shape index (κ1) is 14.6. The lowest BCUT2D eigenvalue weighted by Gasteiger charge is -2.08. The van der Waals surface area contributed by atoms with Crippen molar-refractivity contribution in [3.05, 3.63) is 59.5 Å². The lowest BCUT2D eigenvalue weighted by atomic mass is 10.1. The highest BCUT2D eigenvalue weighted by Crippen LogP contribution is 2.27. The molecule has 7 nitrogen and oxygen atoms in total. The van der Waals surface area contributed by atoms with Crippen molar-refractivity contribution in [2.75, 3.05) is 5.32 Å². The van der Waals surface area contributed by atoms with Crippen molar-refractivity contribution in [2.45, 2.75) is 6.92 Å². The second-order valence-electron chi connectivity index (χ2n) is 4.80. The zero-order valence-electron chi connectivity index (χ0n) is 12.2. The monoisotopic (exact) mass is 311 g/mol. The van der Waals surface area contributed by atoms with Crippen LogP contribution in [0.2, 0.25) is 0 Å². The van der Waals surface area contributed by atoms with Gasteiger partial charge >= 0.3 is 0 Å². The van der Waals surface area contributed by atoms with Gasteiger partial charge in [0.1, 0.15) is 11.3 Å². The van der Waals surface area contributed by atoms with Crippen LogP contribution in [0, 0.1) is 6.92 Å². The summed E-state index contributed by atoms with van der Waals surface area (Å²) in [5.41, 5.74) is 6.37. The molecule has 0 aliphatic heterocycles. The molecule has 3 rings (SSSR count). The number of nitrogens with two attached hydrogens (primary N) is 1. The van der Waals surface area contributed by atoms with Gasteiger partial charge in [0.15, 0.2) is 11.5 Å². The van der Waals surface area contributed by atoms with E-state index in [-0.39, 0.29) is 11.1 Å². The number of para-hydroxylation sites is 1. The fraction of sp³-hybridized carbons (Fsp3) is 0.0625. The molecular formula is C16H13N3O4. The molecule has 0 fully saturated rings. The van der Waals surface area contributed by atoms with Crippen LogP contribution in [0.5, 0.6) is 0 Å². The summed E-state index contributed by atoms with van der Waals surface area (Å²) in [6, 6.07) is 9.83. The topological polar surface area (TPSA) is 111 Å². The first-order chi connectivity index (χ1) is 11.1. The van der Waals surface area contributed by atoms with E-state index in [4.69, 9.17) is 14.7 Å². The Hall–Kier alpha value is -3.35. The molecule has 0 spiro atoms. The first-order valence-electron chi connectivity index (χ1n) is 6.78. The van der Waals surface area contributed by atoms with Crippen molar-refractivity contribution in [1.29, 1.82) is 0 Å². The molecule has 0 saturated carbocycles. The first-order valence-corrected chi connectivity index (χ1v) is 6.78. The molecule has 0 unspecified atom stereocenters. The van der Waals surface area contributed by atoms with Gasteiger partial charge in [0.2, 0.25) is 0 Å². The highest BCUT2D eigenvalue weighted by Gasteiger charge is 2.24. The van der Waals surface area contributed by atoms with Gasteiger partial charge in [0.05, 0.1) is 17.5 Å². The van der Waals surface area contributed by atoms with Crippen LogP contribution in [0.1, 0.15) is 26.5 Å². The lowest BCUT2D eigenvalue weighted by molar-refractivity contribution is 0.100. The minimum Gasteiger partial charge on any atom is -0.463 e. The number of aromatic nitrogens is 1. The van der Waals surface area contributed by atoms with E-state index in [1.807, 2.05) is 0 Å². The van der Waals surface area contributed by atoms with Crippen LogP contribution >= 0.6 is 0 Å². The highest BCUT2D eigenvalue weighted by molar-refractivity contribution is 6.11. The Morgan fingerprint density at radius 1 is 1.17 bits per heavy atom. The molecule has 3 N–H and O–H groups in total. The molecule has 2 aromatic heterocycles. The quantitative estimate of drug-likeness (QED) is 0.769. The van der Waals surface area contributed by atoms with E-state index < -0.39 is 11.8 Å². The maximum absolute atomic E-state index is 12.6. The summed E-state index contributed by atoms with van der Waals surface area (Å²) in [5, 5.41) is 6.51. The third-order valence-electron chi connectivity index (χ3n) is 3.29. The molecule has 2 amide bonds. The molecule has 0 bridgehead atoms. The fourth-order valence-corrected chi connectivity index (χ4v) is 2.21. The van der Waals surface area contributed by atoms with Crippen LogP contribution in [0.25, 0.3) is 11.5 Å². The summed E-state index contributed by atoms with van der Waals surface area (Å²) in [6.45, 7) is 1.62. The molecule has 0 aliphatic rings. The summed E-state index contributed by atoms with van der Waals surface area (Å²) in [5.74, 6) is -0.348. The van der Waals surface area contributed by atoms with Gasteiger partial charge in [-0.1, -0.05) is 17.3 Å². The SMILES string of the molecule is Cc1onc(-c2ccco2)c1C(=O)Nc1ccccc1C(N)=O. The van der Waals surface area contributed by atoms with E-state index in [2.05, 4.69) is 10.5 Å². The molecule has 0 saturated heterocycles. The lowest BCUT2D eigenvalue weighted by Crippen LogP contribution is -2.18. The number of aryl methyl sites for hydroxylation is 1. The normalized spacial score (nSPS) is 10.5. The molecule has 0 atom stereocenters. The number of hydrogen-bond acceptors (Lipinski definition) is 5. The van der Waals surface area contributed by atoms with Crippen LogP contribution in [0.3, 0.4) is 0 Å². The maximum atomic E-state index is 12.6. The average Bonchev–Trinajstić information content (AvgIpc) is 3.16. The number of nitrogens with one attached hydrogen (secondary N) is 1. The number of furan rings is 1. The number of nitrogens with zero attached hydrogens (tertiary/aromatic N) is 1. The second kappa shape index (κ2) is 5.80. The van der Waals surface area contributed by atoms with Gasteiger partial charge in [0.25, 0.3) is 11.8 Å². The standard InChI is InChI=1S/C16H13N3O4/c1-9-13(14(19-23-9)12-7-4-8-22-12)16(21)18-11-6-3-2-5-10(11)15(17)20/h2-8H,1H3,(H2,17,20)(H,18,21).